The first-order valence-electron chi connectivity index (χ1n) is 6.64. The van der Waals surface area contributed by atoms with Gasteiger partial charge in [-0.05, 0) is 31.2 Å². The Morgan fingerprint density at radius 3 is 2.47 bits per heavy atom. The molecular weight excluding hydrogens is 186 g/mol. The van der Waals surface area contributed by atoms with Gasteiger partial charge in [0.15, 0.2) is 0 Å². The molecule has 1 heterocycles. The second kappa shape index (κ2) is 6.49. The number of hydrogen-bond donors (Lipinski definition) is 2. The Hall–Kier alpha value is -0.0800. The number of hydrogen-bond acceptors (Lipinski definition) is 2. The number of piperidine rings is 1. The standard InChI is InChI=1S/C13H27NO/c1-4-10-7-8-14-12(9-10)13(15)11(5-2)6-3/h10-15H,4-9H2,1-3H3. The molecule has 1 rings (SSSR count). The largest absolute Gasteiger partial charge is 0.391 e. The fourth-order valence-electron chi connectivity index (χ4n) is 2.76. The van der Waals surface area contributed by atoms with E-state index in [0.29, 0.717) is 12.0 Å². The van der Waals surface area contributed by atoms with Gasteiger partial charge in [0.25, 0.3) is 0 Å². The van der Waals surface area contributed by atoms with Crippen molar-refractivity contribution in [2.24, 2.45) is 11.8 Å². The summed E-state index contributed by atoms with van der Waals surface area (Å²) in [6, 6.07) is 0.341. The van der Waals surface area contributed by atoms with Crippen LogP contribution in [0.25, 0.3) is 0 Å². The molecule has 0 amide bonds. The molecule has 0 aliphatic carbocycles. The lowest BCUT2D eigenvalue weighted by Crippen LogP contribution is -2.48. The van der Waals surface area contributed by atoms with E-state index in [4.69, 9.17) is 0 Å². The first kappa shape index (κ1) is 13.0. The second-order valence-corrected chi connectivity index (χ2v) is 4.93. The summed E-state index contributed by atoms with van der Waals surface area (Å²) >= 11 is 0. The normalized spacial score (nSPS) is 29.4. The molecule has 2 N–H and O–H groups in total. The molecule has 3 atom stereocenters. The van der Waals surface area contributed by atoms with Crippen LogP contribution in [-0.2, 0) is 0 Å². The molecule has 0 aromatic heterocycles. The minimum Gasteiger partial charge on any atom is -0.391 e. The fraction of sp³-hybridized carbons (Fsp3) is 1.00. The third kappa shape index (κ3) is 3.46. The molecule has 90 valence electrons. The minimum absolute atomic E-state index is 0.144. The lowest BCUT2D eigenvalue weighted by Gasteiger charge is -2.36. The summed E-state index contributed by atoms with van der Waals surface area (Å²) in [4.78, 5) is 0. The maximum atomic E-state index is 10.3. The predicted octanol–water partition coefficient (Wildman–Crippen LogP) is 2.56. The zero-order valence-electron chi connectivity index (χ0n) is 10.5. The van der Waals surface area contributed by atoms with Crippen LogP contribution < -0.4 is 5.32 Å². The van der Waals surface area contributed by atoms with Crippen molar-refractivity contribution in [3.05, 3.63) is 0 Å². The highest BCUT2D eigenvalue weighted by molar-refractivity contribution is 4.86. The molecule has 1 saturated heterocycles. The highest BCUT2D eigenvalue weighted by Crippen LogP contribution is 2.25. The first-order valence-corrected chi connectivity index (χ1v) is 6.64. The highest BCUT2D eigenvalue weighted by Gasteiger charge is 2.29. The van der Waals surface area contributed by atoms with Gasteiger partial charge < -0.3 is 10.4 Å². The van der Waals surface area contributed by atoms with Crippen LogP contribution in [-0.4, -0.2) is 23.8 Å². The van der Waals surface area contributed by atoms with Crippen molar-refractivity contribution in [3.63, 3.8) is 0 Å². The van der Waals surface area contributed by atoms with Crippen LogP contribution in [0, 0.1) is 11.8 Å². The average Bonchev–Trinajstić information content (AvgIpc) is 2.30. The fourth-order valence-corrected chi connectivity index (χ4v) is 2.76. The first-order chi connectivity index (χ1) is 7.22. The Labute approximate surface area is 94.5 Å². The van der Waals surface area contributed by atoms with Crippen molar-refractivity contribution in [2.45, 2.75) is 65.0 Å². The van der Waals surface area contributed by atoms with E-state index in [1.807, 2.05) is 0 Å². The van der Waals surface area contributed by atoms with E-state index in [2.05, 4.69) is 26.1 Å². The maximum Gasteiger partial charge on any atom is 0.0721 e. The monoisotopic (exact) mass is 213 g/mol. The summed E-state index contributed by atoms with van der Waals surface area (Å²) in [6.07, 6.45) is 5.73. The van der Waals surface area contributed by atoms with Crippen molar-refractivity contribution in [2.75, 3.05) is 6.54 Å². The quantitative estimate of drug-likeness (QED) is 0.735. The lowest BCUT2D eigenvalue weighted by molar-refractivity contribution is 0.0445. The molecule has 1 aliphatic rings. The van der Waals surface area contributed by atoms with E-state index in [0.717, 1.165) is 31.7 Å². The lowest BCUT2D eigenvalue weighted by atomic mass is 9.82. The van der Waals surface area contributed by atoms with Crippen molar-refractivity contribution < 1.29 is 5.11 Å². The Balaban J connectivity index is 2.47. The molecule has 1 aliphatic heterocycles. The van der Waals surface area contributed by atoms with Crippen LogP contribution in [0.2, 0.25) is 0 Å². The van der Waals surface area contributed by atoms with Gasteiger partial charge in [0, 0.05) is 6.04 Å². The molecule has 0 radical (unpaired) electrons. The van der Waals surface area contributed by atoms with Gasteiger partial charge in [-0.25, -0.2) is 0 Å². The Bertz CT molecular complexity index is 168. The molecule has 3 unspecified atom stereocenters. The number of rotatable bonds is 5. The van der Waals surface area contributed by atoms with Crippen molar-refractivity contribution in [1.82, 2.24) is 5.32 Å². The molecule has 1 fully saturated rings. The van der Waals surface area contributed by atoms with E-state index >= 15 is 0 Å². The zero-order valence-corrected chi connectivity index (χ0v) is 10.5. The Kier molecular flexibility index (Phi) is 5.62. The van der Waals surface area contributed by atoms with Crippen LogP contribution in [0.3, 0.4) is 0 Å². The number of aliphatic hydroxyl groups excluding tert-OH is 1. The van der Waals surface area contributed by atoms with Crippen molar-refractivity contribution in [1.29, 1.82) is 0 Å². The molecule has 0 aromatic rings. The second-order valence-electron chi connectivity index (χ2n) is 4.93. The van der Waals surface area contributed by atoms with Gasteiger partial charge in [-0.15, -0.1) is 0 Å². The van der Waals surface area contributed by atoms with Gasteiger partial charge in [-0.2, -0.15) is 0 Å². The van der Waals surface area contributed by atoms with Gasteiger partial charge in [-0.1, -0.05) is 40.0 Å². The summed E-state index contributed by atoms with van der Waals surface area (Å²) in [6.45, 7) is 7.70. The maximum absolute atomic E-state index is 10.3. The minimum atomic E-state index is -0.144. The molecule has 0 aromatic carbocycles. The topological polar surface area (TPSA) is 32.3 Å². The summed E-state index contributed by atoms with van der Waals surface area (Å²) in [5, 5.41) is 13.8. The Morgan fingerprint density at radius 1 is 1.27 bits per heavy atom. The van der Waals surface area contributed by atoms with E-state index in [9.17, 15) is 5.11 Å². The summed E-state index contributed by atoms with van der Waals surface area (Å²) in [7, 11) is 0. The third-order valence-corrected chi connectivity index (χ3v) is 4.07. The molecule has 15 heavy (non-hydrogen) atoms. The highest BCUT2D eigenvalue weighted by atomic mass is 16.3. The van der Waals surface area contributed by atoms with Crippen LogP contribution in [0.4, 0.5) is 0 Å². The van der Waals surface area contributed by atoms with Crippen LogP contribution in [0.1, 0.15) is 52.9 Å². The van der Waals surface area contributed by atoms with Gasteiger partial charge in [-0.3, -0.25) is 0 Å². The van der Waals surface area contributed by atoms with Gasteiger partial charge in [0.05, 0.1) is 6.10 Å². The van der Waals surface area contributed by atoms with E-state index in [1.165, 1.54) is 12.8 Å². The molecule has 2 heteroatoms. The van der Waals surface area contributed by atoms with E-state index < -0.39 is 0 Å². The van der Waals surface area contributed by atoms with Crippen molar-refractivity contribution in [3.8, 4) is 0 Å². The summed E-state index contributed by atoms with van der Waals surface area (Å²) in [5.74, 6) is 1.29. The Morgan fingerprint density at radius 2 is 1.93 bits per heavy atom. The van der Waals surface area contributed by atoms with Crippen LogP contribution >= 0.6 is 0 Å². The molecule has 2 nitrogen and oxygen atoms in total. The zero-order chi connectivity index (χ0) is 11.3. The van der Waals surface area contributed by atoms with Gasteiger partial charge >= 0.3 is 0 Å². The van der Waals surface area contributed by atoms with Gasteiger partial charge in [0.1, 0.15) is 0 Å². The van der Waals surface area contributed by atoms with Crippen LogP contribution in [0.5, 0.6) is 0 Å². The SMILES string of the molecule is CCC1CCNC(C(O)C(CC)CC)C1. The predicted molar refractivity (Wildman–Crippen MR) is 64.9 cm³/mol. The third-order valence-electron chi connectivity index (χ3n) is 4.07. The summed E-state index contributed by atoms with van der Waals surface area (Å²) in [5.41, 5.74) is 0. The molecule has 0 bridgehead atoms. The van der Waals surface area contributed by atoms with E-state index in [1.54, 1.807) is 0 Å². The van der Waals surface area contributed by atoms with Crippen molar-refractivity contribution >= 4 is 0 Å². The average molecular weight is 213 g/mol. The molecule has 0 saturated carbocycles. The smallest absolute Gasteiger partial charge is 0.0721 e. The van der Waals surface area contributed by atoms with Gasteiger partial charge in [0.2, 0.25) is 0 Å². The molecule has 0 spiro atoms. The van der Waals surface area contributed by atoms with E-state index in [-0.39, 0.29) is 6.10 Å². The molecular formula is C13H27NO. The summed E-state index contributed by atoms with van der Waals surface area (Å²) < 4.78 is 0. The number of nitrogens with one attached hydrogen (secondary N) is 1. The number of aliphatic hydroxyl groups is 1. The van der Waals surface area contributed by atoms with Crippen LogP contribution in [0.15, 0.2) is 0 Å².